The molecule has 0 aliphatic rings. The second kappa shape index (κ2) is 13.4. The maximum absolute atomic E-state index is 13.8. The smallest absolute Gasteiger partial charge is 0.191 e. The summed E-state index contributed by atoms with van der Waals surface area (Å²) in [5, 5.41) is 15.1. The Bertz CT molecular complexity index is 531. The molecule has 128 valence electrons. The van der Waals surface area contributed by atoms with E-state index in [1.54, 1.807) is 12.1 Å². The molecule has 0 aromatic heterocycles. The summed E-state index contributed by atoms with van der Waals surface area (Å²) >= 11 is 1.84. The first-order chi connectivity index (χ1) is 10.7. The normalized spacial score (nSPS) is 10.6. The second-order valence-corrected chi connectivity index (χ2v) is 5.73. The molecule has 0 bridgehead atoms. The van der Waals surface area contributed by atoms with Crippen LogP contribution >= 0.6 is 35.7 Å². The minimum atomic E-state index is -0.390. The predicted molar refractivity (Wildman–Crippen MR) is 107 cm³/mol. The van der Waals surface area contributed by atoms with E-state index in [1.165, 1.54) is 6.07 Å². The van der Waals surface area contributed by atoms with Crippen LogP contribution in [0, 0.1) is 17.1 Å². The van der Waals surface area contributed by atoms with Gasteiger partial charge in [-0.25, -0.2) is 9.38 Å². The van der Waals surface area contributed by atoms with Crippen molar-refractivity contribution in [2.45, 2.75) is 26.3 Å². The summed E-state index contributed by atoms with van der Waals surface area (Å²) in [6, 6.07) is 6.38. The Kier molecular flexibility index (Phi) is 12.8. The lowest BCUT2D eigenvalue weighted by Gasteiger charge is -2.11. The van der Waals surface area contributed by atoms with E-state index < -0.39 is 5.82 Å². The van der Waals surface area contributed by atoms with E-state index >= 15 is 0 Å². The van der Waals surface area contributed by atoms with Gasteiger partial charge >= 0.3 is 0 Å². The van der Waals surface area contributed by atoms with Gasteiger partial charge in [-0.15, -0.1) is 24.0 Å². The van der Waals surface area contributed by atoms with E-state index in [4.69, 9.17) is 5.26 Å². The first-order valence-corrected chi connectivity index (χ1v) is 8.80. The molecule has 1 aromatic rings. The van der Waals surface area contributed by atoms with Gasteiger partial charge in [0, 0.05) is 18.7 Å². The SMILES string of the molecule is CCNC(=NCc1ccc(C#N)cc1F)NCCCCSC.I. The quantitative estimate of drug-likeness (QED) is 0.276. The van der Waals surface area contributed by atoms with Crippen LogP contribution in [-0.4, -0.2) is 31.1 Å². The van der Waals surface area contributed by atoms with Crippen molar-refractivity contribution in [3.8, 4) is 6.07 Å². The van der Waals surface area contributed by atoms with Gasteiger partial charge < -0.3 is 10.6 Å². The number of unbranched alkanes of at least 4 members (excludes halogenated alkanes) is 1. The molecule has 7 heteroatoms. The zero-order chi connectivity index (χ0) is 16.2. The summed E-state index contributed by atoms with van der Waals surface area (Å²) in [6.45, 7) is 3.85. The summed E-state index contributed by atoms with van der Waals surface area (Å²) in [4.78, 5) is 4.38. The van der Waals surface area contributed by atoms with Gasteiger partial charge in [0.05, 0.1) is 18.2 Å². The Balaban J connectivity index is 0.00000484. The van der Waals surface area contributed by atoms with Crippen molar-refractivity contribution in [1.82, 2.24) is 10.6 Å². The Labute approximate surface area is 159 Å². The molecule has 0 fully saturated rings. The van der Waals surface area contributed by atoms with Gasteiger partial charge in [0.2, 0.25) is 0 Å². The van der Waals surface area contributed by atoms with Crippen molar-refractivity contribution in [3.05, 3.63) is 35.1 Å². The Morgan fingerprint density at radius 1 is 1.35 bits per heavy atom. The molecule has 0 saturated carbocycles. The molecule has 0 aliphatic heterocycles. The van der Waals surface area contributed by atoms with Crippen LogP contribution in [0.2, 0.25) is 0 Å². The number of hydrogen-bond donors (Lipinski definition) is 2. The van der Waals surface area contributed by atoms with Gasteiger partial charge in [-0.05, 0) is 43.9 Å². The van der Waals surface area contributed by atoms with Gasteiger partial charge in [0.25, 0.3) is 0 Å². The highest BCUT2D eigenvalue weighted by Crippen LogP contribution is 2.11. The van der Waals surface area contributed by atoms with Crippen LogP contribution in [0.5, 0.6) is 0 Å². The van der Waals surface area contributed by atoms with Gasteiger partial charge in [-0.3, -0.25) is 0 Å². The van der Waals surface area contributed by atoms with Crippen LogP contribution in [0.3, 0.4) is 0 Å². The molecule has 0 radical (unpaired) electrons. The van der Waals surface area contributed by atoms with Gasteiger partial charge in [0.15, 0.2) is 5.96 Å². The van der Waals surface area contributed by atoms with Crippen molar-refractivity contribution < 1.29 is 4.39 Å². The average molecular weight is 450 g/mol. The zero-order valence-corrected chi connectivity index (χ0v) is 16.7. The minimum absolute atomic E-state index is 0. The molecular formula is C16H24FIN4S. The van der Waals surface area contributed by atoms with Crippen molar-refractivity contribution >= 4 is 41.7 Å². The number of hydrogen-bond acceptors (Lipinski definition) is 3. The topological polar surface area (TPSA) is 60.2 Å². The molecule has 0 atom stereocenters. The van der Waals surface area contributed by atoms with Gasteiger partial charge in [-0.1, -0.05) is 6.07 Å². The lowest BCUT2D eigenvalue weighted by Crippen LogP contribution is -2.37. The third-order valence-corrected chi connectivity index (χ3v) is 3.70. The van der Waals surface area contributed by atoms with Crippen molar-refractivity contribution in [2.24, 2.45) is 4.99 Å². The van der Waals surface area contributed by atoms with Crippen molar-refractivity contribution in [3.63, 3.8) is 0 Å². The molecule has 2 N–H and O–H groups in total. The van der Waals surface area contributed by atoms with Crippen LogP contribution in [0.1, 0.15) is 30.9 Å². The number of guanidine groups is 1. The highest BCUT2D eigenvalue weighted by Gasteiger charge is 2.04. The number of nitriles is 1. The van der Waals surface area contributed by atoms with E-state index in [1.807, 2.05) is 24.8 Å². The lowest BCUT2D eigenvalue weighted by atomic mass is 10.1. The van der Waals surface area contributed by atoms with Crippen LogP contribution in [0.4, 0.5) is 4.39 Å². The zero-order valence-electron chi connectivity index (χ0n) is 13.6. The summed E-state index contributed by atoms with van der Waals surface area (Å²) in [5.41, 5.74) is 0.808. The number of aliphatic imine (C=N–C) groups is 1. The predicted octanol–water partition coefficient (Wildman–Crippen LogP) is 3.51. The average Bonchev–Trinajstić information content (AvgIpc) is 2.53. The van der Waals surface area contributed by atoms with E-state index in [0.29, 0.717) is 17.1 Å². The first kappa shape index (κ1) is 22.0. The van der Waals surface area contributed by atoms with E-state index in [-0.39, 0.29) is 30.5 Å². The van der Waals surface area contributed by atoms with E-state index in [0.717, 1.165) is 31.7 Å². The van der Waals surface area contributed by atoms with E-state index in [2.05, 4.69) is 21.9 Å². The molecular weight excluding hydrogens is 426 g/mol. The van der Waals surface area contributed by atoms with Gasteiger partial charge in [0.1, 0.15) is 5.82 Å². The summed E-state index contributed by atoms with van der Waals surface area (Å²) in [6.07, 6.45) is 4.35. The molecule has 1 rings (SSSR count). The van der Waals surface area contributed by atoms with Crippen LogP contribution in [0.15, 0.2) is 23.2 Å². The van der Waals surface area contributed by atoms with E-state index in [9.17, 15) is 4.39 Å². The lowest BCUT2D eigenvalue weighted by molar-refractivity contribution is 0.609. The number of nitrogens with zero attached hydrogens (tertiary/aromatic N) is 2. The van der Waals surface area contributed by atoms with Crippen molar-refractivity contribution in [1.29, 1.82) is 5.26 Å². The monoisotopic (exact) mass is 450 g/mol. The maximum atomic E-state index is 13.8. The molecule has 4 nitrogen and oxygen atoms in total. The standard InChI is InChI=1S/C16H23FN4S.HI/c1-3-19-16(20-8-4-5-9-22-2)21-12-14-7-6-13(11-18)10-15(14)17;/h6-7,10H,3-5,8-9,12H2,1-2H3,(H2,19,20,21);1H. The second-order valence-electron chi connectivity index (χ2n) is 4.74. The molecule has 0 aliphatic carbocycles. The van der Waals surface area contributed by atoms with Gasteiger partial charge in [-0.2, -0.15) is 17.0 Å². The Hall–Kier alpha value is -1.01. The Morgan fingerprint density at radius 3 is 2.74 bits per heavy atom. The summed E-state index contributed by atoms with van der Waals surface area (Å²) in [5.74, 6) is 1.46. The highest BCUT2D eigenvalue weighted by molar-refractivity contribution is 14.0. The Morgan fingerprint density at radius 2 is 2.13 bits per heavy atom. The molecule has 23 heavy (non-hydrogen) atoms. The molecule has 0 heterocycles. The fourth-order valence-corrected chi connectivity index (χ4v) is 2.32. The molecule has 1 aromatic carbocycles. The third-order valence-electron chi connectivity index (χ3n) is 3.00. The number of benzene rings is 1. The largest absolute Gasteiger partial charge is 0.357 e. The number of thioether (sulfide) groups is 1. The first-order valence-electron chi connectivity index (χ1n) is 7.41. The summed E-state index contributed by atoms with van der Waals surface area (Å²) < 4.78 is 13.8. The van der Waals surface area contributed by atoms with Crippen LogP contribution in [0.25, 0.3) is 0 Å². The molecule has 0 unspecified atom stereocenters. The number of nitrogens with one attached hydrogen (secondary N) is 2. The number of halogens is 2. The number of rotatable bonds is 8. The molecule has 0 spiro atoms. The summed E-state index contributed by atoms with van der Waals surface area (Å²) in [7, 11) is 0. The molecule has 0 saturated heterocycles. The fourth-order valence-electron chi connectivity index (χ4n) is 1.83. The maximum Gasteiger partial charge on any atom is 0.191 e. The highest BCUT2D eigenvalue weighted by atomic mass is 127. The fraction of sp³-hybridized carbons (Fsp3) is 0.500. The minimum Gasteiger partial charge on any atom is -0.357 e. The third kappa shape index (κ3) is 9.01. The molecule has 0 amide bonds. The van der Waals surface area contributed by atoms with Crippen LogP contribution < -0.4 is 10.6 Å². The van der Waals surface area contributed by atoms with Crippen LogP contribution in [-0.2, 0) is 6.54 Å². The van der Waals surface area contributed by atoms with Crippen molar-refractivity contribution in [2.75, 3.05) is 25.1 Å².